The molecule has 706 valence electrons. The second kappa shape index (κ2) is 71.8. The van der Waals surface area contributed by atoms with Crippen LogP contribution in [0.1, 0.15) is 241 Å². The minimum Gasteiger partial charge on any atom is -0.494 e. The highest BCUT2D eigenvalue weighted by molar-refractivity contribution is 5.94. The number of hydrogen-bond acceptors (Lipinski definition) is 26. The number of rotatable bonds is 85. The van der Waals surface area contributed by atoms with E-state index in [1.165, 1.54) is 45.0 Å². The number of carbonyl (C=O) groups is 15. The maximum absolute atomic E-state index is 13.8. The molecule has 125 heavy (non-hydrogen) atoms. The summed E-state index contributed by atoms with van der Waals surface area (Å²) in [5, 5.41) is 53.4. The summed E-state index contributed by atoms with van der Waals surface area (Å²) in [6.45, 7) is 7.47. The molecule has 2 aromatic rings. The van der Waals surface area contributed by atoms with Gasteiger partial charge in [-0.25, -0.2) is 14.4 Å². The zero-order chi connectivity index (χ0) is 91.9. The second-order valence-corrected chi connectivity index (χ2v) is 31.2. The van der Waals surface area contributed by atoms with Gasteiger partial charge >= 0.3 is 23.9 Å². The van der Waals surface area contributed by atoms with Gasteiger partial charge < -0.3 is 105 Å². The third-order valence-corrected chi connectivity index (χ3v) is 19.9. The van der Waals surface area contributed by atoms with Gasteiger partial charge in [0.05, 0.1) is 108 Å². The molecule has 0 fully saturated rings. The molecule has 0 spiro atoms. The molecule has 0 saturated heterocycles. The van der Waals surface area contributed by atoms with Gasteiger partial charge in [0.25, 0.3) is 0 Å². The number of hydrogen-bond donors (Lipinski definition) is 11. The van der Waals surface area contributed by atoms with Crippen LogP contribution in [0.4, 0.5) is 0 Å². The summed E-state index contributed by atoms with van der Waals surface area (Å²) in [6.07, 6.45) is 16.8. The summed E-state index contributed by atoms with van der Waals surface area (Å²) < 4.78 is 54.5. The van der Waals surface area contributed by atoms with Crippen molar-refractivity contribution in [3.8, 4) is 11.5 Å². The molecular weight excluding hydrogens is 1630 g/mol. The summed E-state index contributed by atoms with van der Waals surface area (Å²) in [6, 6.07) is 11.3. The van der Waals surface area contributed by atoms with Crippen LogP contribution in [0.2, 0.25) is 0 Å². The lowest BCUT2D eigenvalue weighted by atomic mass is 9.82. The Hall–Kier alpha value is -9.27. The highest BCUT2D eigenvalue weighted by atomic mass is 16.5. The number of ketones is 5. The van der Waals surface area contributed by atoms with Gasteiger partial charge in [0, 0.05) is 103 Å². The van der Waals surface area contributed by atoms with Crippen molar-refractivity contribution in [2.24, 2.45) is 23.5 Å². The Labute approximate surface area is 734 Å². The van der Waals surface area contributed by atoms with E-state index in [-0.39, 0.29) is 215 Å². The second-order valence-electron chi connectivity index (χ2n) is 31.2. The van der Waals surface area contributed by atoms with Gasteiger partial charge in [0.1, 0.15) is 61.3 Å². The Balaban J connectivity index is 1.48. The molecule has 0 aromatic heterocycles. The van der Waals surface area contributed by atoms with Crippen molar-refractivity contribution in [1.82, 2.24) is 31.9 Å². The first-order chi connectivity index (χ1) is 60.0. The van der Waals surface area contributed by atoms with Crippen molar-refractivity contribution in [3.05, 3.63) is 59.7 Å². The van der Waals surface area contributed by atoms with Gasteiger partial charge in [-0.15, -0.1) is 0 Å². The largest absolute Gasteiger partial charge is 0.494 e. The Bertz CT molecular complexity index is 3450. The quantitative estimate of drug-likeness (QED) is 0.0286. The third-order valence-electron chi connectivity index (χ3n) is 19.9. The normalized spacial score (nSPS) is 12.2. The minimum absolute atomic E-state index is 0.00968. The molecule has 4 atom stereocenters. The molecule has 6 amide bonds. The lowest BCUT2D eigenvalue weighted by Crippen LogP contribution is -2.43. The monoisotopic (exact) mass is 1770 g/mol. The number of carboxylic acids is 4. The average molecular weight is 1770 g/mol. The molecule has 36 nitrogen and oxygen atoms in total. The van der Waals surface area contributed by atoms with E-state index < -0.39 is 83.3 Å². The van der Waals surface area contributed by atoms with E-state index in [2.05, 4.69) is 31.9 Å². The van der Waals surface area contributed by atoms with Crippen molar-refractivity contribution in [1.29, 1.82) is 0 Å². The number of nitrogens with one attached hydrogen (secondary N) is 6. The summed E-state index contributed by atoms with van der Waals surface area (Å²) in [5.41, 5.74) is 5.30. The number of unbranched alkanes of at least 4 members (excludes halogenated alkanes) is 14. The number of aliphatic carboxylic acids is 2. The maximum atomic E-state index is 13.8. The summed E-state index contributed by atoms with van der Waals surface area (Å²) >= 11 is 0. The summed E-state index contributed by atoms with van der Waals surface area (Å²) in [4.78, 5) is 185. The highest BCUT2D eigenvalue weighted by Crippen LogP contribution is 2.25. The maximum Gasteiger partial charge on any atom is 0.335 e. The van der Waals surface area contributed by atoms with E-state index in [0.717, 1.165) is 89.9 Å². The van der Waals surface area contributed by atoms with Gasteiger partial charge in [-0.05, 0) is 140 Å². The van der Waals surface area contributed by atoms with Gasteiger partial charge in [-0.3, -0.25) is 57.5 Å². The first-order valence-electron chi connectivity index (χ1n) is 44.1. The van der Waals surface area contributed by atoms with Crippen LogP contribution in [-0.4, -0.2) is 272 Å². The Morgan fingerprint density at radius 1 is 0.328 bits per heavy atom. The number of nitrogens with two attached hydrogens (primary N) is 1. The molecule has 0 heterocycles. The van der Waals surface area contributed by atoms with Crippen molar-refractivity contribution < 1.29 is 140 Å². The number of carbonyl (C=O) groups excluding carboxylic acids is 11. The van der Waals surface area contributed by atoms with Crippen LogP contribution in [0.15, 0.2) is 48.5 Å². The first-order valence-corrected chi connectivity index (χ1v) is 44.1. The van der Waals surface area contributed by atoms with Crippen molar-refractivity contribution in [2.45, 2.75) is 231 Å². The molecule has 0 saturated carbocycles. The molecule has 0 aliphatic rings. The molecule has 2 rings (SSSR count). The molecule has 0 unspecified atom stereocenters. The first kappa shape index (κ1) is 112. The highest BCUT2D eigenvalue weighted by Gasteiger charge is 2.31. The molecule has 0 bridgehead atoms. The summed E-state index contributed by atoms with van der Waals surface area (Å²) in [5.74, 6) is -9.40. The third kappa shape index (κ3) is 62.5. The Morgan fingerprint density at radius 3 is 1.16 bits per heavy atom. The van der Waals surface area contributed by atoms with Crippen LogP contribution in [0, 0.1) is 17.8 Å². The summed E-state index contributed by atoms with van der Waals surface area (Å²) in [7, 11) is 0. The molecule has 0 aliphatic carbocycles. The zero-order valence-electron chi connectivity index (χ0n) is 73.7. The molecule has 2 aromatic carbocycles. The van der Waals surface area contributed by atoms with E-state index in [1.807, 2.05) is 0 Å². The molecule has 12 N–H and O–H groups in total. The fourth-order valence-electron chi connectivity index (χ4n) is 12.5. The fraction of sp³-hybridized carbons (Fsp3) is 0.697. The average Bonchev–Trinajstić information content (AvgIpc) is 0.872. The van der Waals surface area contributed by atoms with E-state index >= 15 is 0 Å². The Morgan fingerprint density at radius 2 is 0.712 bits per heavy atom. The number of benzene rings is 2. The van der Waals surface area contributed by atoms with E-state index in [4.69, 9.17) is 63.3 Å². The van der Waals surface area contributed by atoms with E-state index in [1.54, 1.807) is 24.3 Å². The SMILES string of the molecule is CC(=O)[C@H](CCCCNC(=O)CC[C@H](NC(=O)COCCOCCNC(=O)COCCOCCCC(=O)CCCCCCCCCOc1ccc(C(=O)O)cc1)C(=O)O)CC(=O)[C@H](CCCCNC(=O)CC[C@H](CC(=O)COCCOCCNC(=O)COCCOCCNC(=O)CCCCCCCCCOc1ccc(C(=O)O)cc1)C(=O)O)CC(=O)C(C)(C)N. The smallest absolute Gasteiger partial charge is 0.335 e. The lowest BCUT2D eigenvalue weighted by molar-refractivity contribution is -0.145. The topological polar surface area (TPSA) is 527 Å². The molecule has 0 aliphatic heterocycles. The fourth-order valence-corrected chi connectivity index (χ4v) is 12.5. The lowest BCUT2D eigenvalue weighted by Gasteiger charge is -2.23. The number of carboxylic acid groups (broad SMARTS) is 4. The van der Waals surface area contributed by atoms with Crippen LogP contribution >= 0.6 is 0 Å². The van der Waals surface area contributed by atoms with Crippen LogP contribution in [-0.2, 0) is 100 Å². The molecule has 0 radical (unpaired) electrons. The standard InChI is InChI=1S/C89H141N7O29/c1-66(97)69(23-16-18-40-92-81(104)39-37-76(88(114)115)96-84(107)65-123-58-54-119-50-44-95-82(105)63-121-56-51-116-45-22-26-72(98)25-14-10-6-4-8-12-20-46-124-74-33-28-67(29-34-74)85(108)109)60-77(100)70(61-78(101)89(2,3)90)24-17-19-41-91-80(103)38-32-71(87(112)113)59-73(99)62-120-55-52-118-49-43-94-83(106)64-122-57-53-117-48-42-93-79(102)27-15-11-7-5-9-13-21-47-125-75-35-30-68(31-36-75)86(110)111/h28-31,33-36,69-71,76H,4-27,32,37-65,90H2,1-3H3,(H,91,103)(H,92,104)(H,93,102)(H,94,106)(H,95,105)(H,96,107)(H,108,109)(H,110,111)(H,112,113)(H,114,115)/t69-,70-,71-,76+/m1/s1. The van der Waals surface area contributed by atoms with Gasteiger partial charge in [0.2, 0.25) is 35.4 Å². The van der Waals surface area contributed by atoms with Crippen molar-refractivity contribution in [3.63, 3.8) is 0 Å². The molecular formula is C89H141N7O29. The zero-order valence-corrected chi connectivity index (χ0v) is 73.7. The van der Waals surface area contributed by atoms with Gasteiger partial charge in [-0.1, -0.05) is 77.0 Å². The molecule has 36 heteroatoms. The van der Waals surface area contributed by atoms with Crippen LogP contribution in [0.5, 0.6) is 11.5 Å². The number of amides is 6. The minimum atomic E-state index is -1.39. The van der Waals surface area contributed by atoms with Gasteiger partial charge in [0.15, 0.2) is 11.6 Å². The number of aromatic carboxylic acids is 2. The van der Waals surface area contributed by atoms with Crippen LogP contribution in [0.3, 0.4) is 0 Å². The predicted molar refractivity (Wildman–Crippen MR) is 459 cm³/mol. The number of ether oxygens (including phenoxy) is 10. The number of Topliss-reactive ketones (excluding diaryl/α,β-unsaturated/α-hetero) is 5. The Kier molecular flexibility index (Phi) is 64.2. The van der Waals surface area contributed by atoms with E-state index in [0.29, 0.717) is 102 Å². The van der Waals surface area contributed by atoms with Crippen LogP contribution < -0.4 is 47.1 Å². The van der Waals surface area contributed by atoms with Gasteiger partial charge in [-0.2, -0.15) is 0 Å². The van der Waals surface area contributed by atoms with E-state index in [9.17, 15) is 82.1 Å². The predicted octanol–water partition coefficient (Wildman–Crippen LogP) is 7.45. The van der Waals surface area contributed by atoms with Crippen LogP contribution in [0.25, 0.3) is 0 Å². The van der Waals surface area contributed by atoms with Crippen molar-refractivity contribution in [2.75, 3.05) is 152 Å². The van der Waals surface area contributed by atoms with Crippen molar-refractivity contribution >= 4 is 88.2 Å².